The van der Waals surface area contributed by atoms with Crippen molar-refractivity contribution in [2.24, 2.45) is 5.92 Å². The first kappa shape index (κ1) is 16.4. The van der Waals surface area contributed by atoms with E-state index >= 15 is 0 Å². The van der Waals surface area contributed by atoms with Crippen LogP contribution in [0.4, 0.5) is 0 Å². The molecule has 0 fully saturated rings. The molecule has 0 radical (unpaired) electrons. The van der Waals surface area contributed by atoms with Gasteiger partial charge in [0.25, 0.3) is 5.91 Å². The van der Waals surface area contributed by atoms with Crippen molar-refractivity contribution in [2.75, 3.05) is 6.54 Å². The molecule has 1 aromatic heterocycles. The first-order valence-electron chi connectivity index (χ1n) is 6.47. The quantitative estimate of drug-likeness (QED) is 0.791. The second-order valence-electron chi connectivity index (χ2n) is 5.17. The average Bonchev–Trinajstić information content (AvgIpc) is 2.34. The highest BCUT2D eigenvalue weighted by Gasteiger charge is 2.13. The van der Waals surface area contributed by atoms with Crippen LogP contribution >= 0.6 is 11.6 Å². The van der Waals surface area contributed by atoms with Crippen LogP contribution < -0.4 is 5.32 Å². The maximum absolute atomic E-state index is 12.0. The zero-order chi connectivity index (χ0) is 15.3. The van der Waals surface area contributed by atoms with Gasteiger partial charge in [-0.1, -0.05) is 32.4 Å². The Bertz CT molecular complexity index is 503. The van der Waals surface area contributed by atoms with Crippen molar-refractivity contribution in [1.29, 1.82) is 0 Å². The van der Waals surface area contributed by atoms with Gasteiger partial charge in [-0.05, 0) is 24.0 Å². The SMILES string of the molecule is CC(CNC(=O)c1cc(Cl)nc(C(C)C)c1)CC(=O)O. The van der Waals surface area contributed by atoms with Crippen molar-refractivity contribution in [2.45, 2.75) is 33.1 Å². The van der Waals surface area contributed by atoms with E-state index < -0.39 is 5.97 Å². The Labute approximate surface area is 123 Å². The highest BCUT2D eigenvalue weighted by atomic mass is 35.5. The zero-order valence-electron chi connectivity index (χ0n) is 11.8. The van der Waals surface area contributed by atoms with Gasteiger partial charge in [0.1, 0.15) is 5.15 Å². The summed E-state index contributed by atoms with van der Waals surface area (Å²) in [4.78, 5) is 26.7. The Kier molecular flexibility index (Phi) is 5.95. The van der Waals surface area contributed by atoms with Crippen molar-refractivity contribution in [1.82, 2.24) is 10.3 Å². The Morgan fingerprint density at radius 1 is 1.35 bits per heavy atom. The van der Waals surface area contributed by atoms with Gasteiger partial charge in [-0.2, -0.15) is 0 Å². The van der Waals surface area contributed by atoms with Gasteiger partial charge in [-0.15, -0.1) is 0 Å². The molecule has 1 aromatic rings. The molecule has 110 valence electrons. The summed E-state index contributed by atoms with van der Waals surface area (Å²) in [6, 6.07) is 3.21. The number of halogens is 1. The number of carbonyl (C=O) groups is 2. The fraction of sp³-hybridized carbons (Fsp3) is 0.500. The van der Waals surface area contributed by atoms with Gasteiger partial charge in [-0.3, -0.25) is 9.59 Å². The molecular formula is C14H19ClN2O3. The van der Waals surface area contributed by atoms with Crippen LogP contribution in [0.15, 0.2) is 12.1 Å². The first-order valence-corrected chi connectivity index (χ1v) is 6.85. The normalized spacial score (nSPS) is 12.2. The van der Waals surface area contributed by atoms with Gasteiger partial charge in [0.15, 0.2) is 0 Å². The van der Waals surface area contributed by atoms with Crippen LogP contribution in [0, 0.1) is 5.92 Å². The summed E-state index contributed by atoms with van der Waals surface area (Å²) in [5.74, 6) is -1.10. The van der Waals surface area contributed by atoms with Gasteiger partial charge in [0.05, 0.1) is 0 Å². The molecule has 5 nitrogen and oxygen atoms in total. The van der Waals surface area contributed by atoms with Crippen molar-refractivity contribution >= 4 is 23.5 Å². The monoisotopic (exact) mass is 298 g/mol. The molecule has 0 bridgehead atoms. The van der Waals surface area contributed by atoms with Crippen LogP contribution in [0.2, 0.25) is 5.15 Å². The van der Waals surface area contributed by atoms with E-state index in [1.165, 1.54) is 6.07 Å². The number of aromatic nitrogens is 1. The fourth-order valence-electron chi connectivity index (χ4n) is 1.68. The number of hydrogen-bond donors (Lipinski definition) is 2. The highest BCUT2D eigenvalue weighted by Crippen LogP contribution is 2.17. The predicted octanol–water partition coefficient (Wildman–Crippen LogP) is 2.70. The largest absolute Gasteiger partial charge is 0.481 e. The van der Waals surface area contributed by atoms with E-state index in [1.807, 2.05) is 13.8 Å². The third kappa shape index (κ3) is 5.17. The highest BCUT2D eigenvalue weighted by molar-refractivity contribution is 6.29. The second-order valence-corrected chi connectivity index (χ2v) is 5.56. The molecule has 1 atom stereocenters. The molecule has 0 saturated carbocycles. The lowest BCUT2D eigenvalue weighted by atomic mass is 10.1. The van der Waals surface area contributed by atoms with E-state index in [0.29, 0.717) is 12.1 Å². The van der Waals surface area contributed by atoms with Crippen molar-refractivity contribution < 1.29 is 14.7 Å². The van der Waals surface area contributed by atoms with Gasteiger partial charge >= 0.3 is 5.97 Å². The number of carbonyl (C=O) groups excluding carboxylic acids is 1. The average molecular weight is 299 g/mol. The van der Waals surface area contributed by atoms with Crippen LogP contribution in [-0.4, -0.2) is 28.5 Å². The molecule has 0 saturated heterocycles. The molecule has 1 unspecified atom stereocenters. The minimum Gasteiger partial charge on any atom is -0.481 e. The van der Waals surface area contributed by atoms with Gasteiger partial charge in [0.2, 0.25) is 0 Å². The van der Waals surface area contributed by atoms with Gasteiger partial charge in [0, 0.05) is 24.2 Å². The van der Waals surface area contributed by atoms with Gasteiger partial charge < -0.3 is 10.4 Å². The molecule has 20 heavy (non-hydrogen) atoms. The second kappa shape index (κ2) is 7.24. The Morgan fingerprint density at radius 2 is 2.00 bits per heavy atom. The summed E-state index contributed by atoms with van der Waals surface area (Å²) in [6.45, 7) is 6.01. The van der Waals surface area contributed by atoms with Crippen LogP contribution in [0.3, 0.4) is 0 Å². The molecular weight excluding hydrogens is 280 g/mol. The lowest BCUT2D eigenvalue weighted by molar-refractivity contribution is -0.137. The predicted molar refractivity (Wildman–Crippen MR) is 77.1 cm³/mol. The van der Waals surface area contributed by atoms with E-state index in [0.717, 1.165) is 5.69 Å². The maximum atomic E-state index is 12.0. The van der Waals surface area contributed by atoms with Crippen molar-refractivity contribution in [3.63, 3.8) is 0 Å². The fourth-order valence-corrected chi connectivity index (χ4v) is 1.90. The molecule has 2 N–H and O–H groups in total. The maximum Gasteiger partial charge on any atom is 0.303 e. The number of rotatable bonds is 6. The number of nitrogens with zero attached hydrogens (tertiary/aromatic N) is 1. The molecule has 1 amide bonds. The molecule has 0 aliphatic carbocycles. The lowest BCUT2D eigenvalue weighted by Gasteiger charge is -2.12. The Morgan fingerprint density at radius 3 is 2.55 bits per heavy atom. The number of carboxylic acids is 1. The molecule has 1 heterocycles. The molecule has 1 rings (SSSR count). The van der Waals surface area contributed by atoms with Crippen molar-refractivity contribution in [3.8, 4) is 0 Å². The van der Waals surface area contributed by atoms with Crippen LogP contribution in [0.1, 0.15) is 49.2 Å². The summed E-state index contributed by atoms with van der Waals surface area (Å²) in [6.07, 6.45) is 0.0224. The molecule has 6 heteroatoms. The summed E-state index contributed by atoms with van der Waals surface area (Å²) in [5, 5.41) is 11.6. The third-order valence-electron chi connectivity index (χ3n) is 2.80. The third-order valence-corrected chi connectivity index (χ3v) is 3.00. The summed E-state index contributed by atoms with van der Waals surface area (Å²) in [7, 11) is 0. The summed E-state index contributed by atoms with van der Waals surface area (Å²) >= 11 is 5.90. The topological polar surface area (TPSA) is 79.3 Å². The number of pyridine rings is 1. The summed E-state index contributed by atoms with van der Waals surface area (Å²) < 4.78 is 0. The first-order chi connectivity index (χ1) is 9.29. The minimum atomic E-state index is -0.874. The van der Waals surface area contributed by atoms with Crippen LogP contribution in [-0.2, 0) is 4.79 Å². The molecule has 0 spiro atoms. The lowest BCUT2D eigenvalue weighted by Crippen LogP contribution is -2.29. The Hall–Kier alpha value is -1.62. The minimum absolute atomic E-state index is 0.0224. The van der Waals surface area contributed by atoms with E-state index in [2.05, 4.69) is 10.3 Å². The van der Waals surface area contributed by atoms with Crippen LogP contribution in [0.25, 0.3) is 0 Å². The number of amides is 1. The molecule has 0 aliphatic rings. The Balaban J connectivity index is 2.70. The number of carboxylic acid groups (broad SMARTS) is 1. The smallest absolute Gasteiger partial charge is 0.303 e. The number of nitrogens with one attached hydrogen (secondary N) is 1. The number of hydrogen-bond acceptors (Lipinski definition) is 3. The standard InChI is InChI=1S/C14H19ClN2O3/c1-8(2)11-5-10(6-12(15)17-11)14(20)16-7-9(3)4-13(18)19/h5-6,8-9H,4,7H2,1-3H3,(H,16,20)(H,18,19). The van der Waals surface area contributed by atoms with Crippen LogP contribution in [0.5, 0.6) is 0 Å². The summed E-state index contributed by atoms with van der Waals surface area (Å²) in [5.41, 5.74) is 1.19. The zero-order valence-corrected chi connectivity index (χ0v) is 12.6. The van der Waals surface area contributed by atoms with E-state index in [4.69, 9.17) is 16.7 Å². The van der Waals surface area contributed by atoms with Crippen molar-refractivity contribution in [3.05, 3.63) is 28.5 Å². The van der Waals surface area contributed by atoms with Gasteiger partial charge in [-0.25, -0.2) is 4.98 Å². The molecule has 0 aliphatic heterocycles. The number of aliphatic carboxylic acids is 1. The van der Waals surface area contributed by atoms with E-state index in [1.54, 1.807) is 13.0 Å². The van der Waals surface area contributed by atoms with E-state index in [-0.39, 0.29) is 29.3 Å². The van der Waals surface area contributed by atoms with E-state index in [9.17, 15) is 9.59 Å². The molecule has 0 aromatic carbocycles.